The van der Waals surface area contributed by atoms with Crippen molar-refractivity contribution in [2.75, 3.05) is 5.32 Å². The Morgan fingerprint density at radius 2 is 2.00 bits per heavy atom. The number of carbonyl (C=O) groups is 1. The summed E-state index contributed by atoms with van der Waals surface area (Å²) in [7, 11) is 0. The first-order valence-corrected chi connectivity index (χ1v) is 7.73. The van der Waals surface area contributed by atoms with Gasteiger partial charge in [0.15, 0.2) is 0 Å². The second-order valence-corrected chi connectivity index (χ2v) is 5.62. The lowest BCUT2D eigenvalue weighted by Gasteiger charge is -2.19. The van der Waals surface area contributed by atoms with Gasteiger partial charge in [0.1, 0.15) is 11.6 Å². The van der Waals surface area contributed by atoms with Crippen LogP contribution in [0.3, 0.4) is 0 Å². The van der Waals surface area contributed by atoms with Gasteiger partial charge in [-0.3, -0.25) is 4.79 Å². The Labute approximate surface area is 140 Å². The van der Waals surface area contributed by atoms with Crippen molar-refractivity contribution in [1.82, 2.24) is 9.55 Å². The third kappa shape index (κ3) is 3.68. The summed E-state index contributed by atoms with van der Waals surface area (Å²) >= 11 is 0. The lowest BCUT2D eigenvalue weighted by molar-refractivity contribution is -0.116. The number of benzene rings is 1. The van der Waals surface area contributed by atoms with E-state index in [9.17, 15) is 9.18 Å². The van der Waals surface area contributed by atoms with Crippen LogP contribution in [-0.2, 0) is 4.79 Å². The van der Waals surface area contributed by atoms with Crippen LogP contribution in [0, 0.1) is 12.7 Å². The Morgan fingerprint density at radius 3 is 2.71 bits per heavy atom. The molecule has 0 saturated heterocycles. The molecule has 0 aliphatic carbocycles. The zero-order valence-corrected chi connectivity index (χ0v) is 13.3. The molecule has 4 nitrogen and oxygen atoms in total. The maximum absolute atomic E-state index is 13.6. The number of nitrogens with one attached hydrogen (secondary N) is 1. The highest BCUT2D eigenvalue weighted by Gasteiger charge is 2.18. The van der Waals surface area contributed by atoms with Crippen molar-refractivity contribution in [3.63, 3.8) is 0 Å². The summed E-state index contributed by atoms with van der Waals surface area (Å²) in [5, 5.41) is 2.83. The van der Waals surface area contributed by atoms with Gasteiger partial charge < -0.3 is 9.88 Å². The quantitative estimate of drug-likeness (QED) is 0.773. The lowest BCUT2D eigenvalue weighted by Crippen LogP contribution is -2.20. The normalized spacial score (nSPS) is 11.9. The molecule has 1 unspecified atom stereocenters. The van der Waals surface area contributed by atoms with Gasteiger partial charge in [-0.1, -0.05) is 18.2 Å². The van der Waals surface area contributed by atoms with E-state index in [1.165, 1.54) is 12.1 Å². The Hall–Kier alpha value is -2.95. The topological polar surface area (TPSA) is 46.9 Å². The maximum Gasteiger partial charge on any atom is 0.227 e. The molecular formula is C19H18FN3O. The van der Waals surface area contributed by atoms with Gasteiger partial charge >= 0.3 is 0 Å². The molecule has 0 aliphatic heterocycles. The number of pyridine rings is 1. The predicted molar refractivity (Wildman–Crippen MR) is 91.2 cm³/mol. The van der Waals surface area contributed by atoms with Crippen LogP contribution in [0.5, 0.6) is 0 Å². The molecule has 5 heteroatoms. The maximum atomic E-state index is 13.6. The number of aryl methyl sites for hydroxylation is 1. The number of halogens is 1. The number of nitrogens with zero attached hydrogens (tertiary/aromatic N) is 2. The number of anilines is 1. The summed E-state index contributed by atoms with van der Waals surface area (Å²) in [6.07, 6.45) is 5.57. The monoisotopic (exact) mass is 323 g/mol. The van der Waals surface area contributed by atoms with Gasteiger partial charge in [0.2, 0.25) is 5.91 Å². The smallest absolute Gasteiger partial charge is 0.227 e. The minimum absolute atomic E-state index is 0.167. The van der Waals surface area contributed by atoms with Crippen molar-refractivity contribution in [2.24, 2.45) is 0 Å². The van der Waals surface area contributed by atoms with Gasteiger partial charge in [-0.25, -0.2) is 9.37 Å². The molecule has 122 valence electrons. The third-order valence-electron chi connectivity index (χ3n) is 3.87. The Bertz CT molecular complexity index is 830. The molecule has 2 aromatic heterocycles. The second kappa shape index (κ2) is 7.08. The summed E-state index contributed by atoms with van der Waals surface area (Å²) in [5.41, 5.74) is 1.65. The molecule has 0 saturated carbocycles. The number of hydrogen-bond donors (Lipinski definition) is 1. The molecule has 1 N–H and O–H groups in total. The van der Waals surface area contributed by atoms with Crippen LogP contribution in [0.2, 0.25) is 0 Å². The van der Waals surface area contributed by atoms with Crippen LogP contribution in [0.4, 0.5) is 10.2 Å². The van der Waals surface area contributed by atoms with Gasteiger partial charge in [-0.15, -0.1) is 0 Å². The van der Waals surface area contributed by atoms with Crippen molar-refractivity contribution in [1.29, 1.82) is 0 Å². The molecule has 1 atom stereocenters. The van der Waals surface area contributed by atoms with Crippen molar-refractivity contribution in [2.45, 2.75) is 19.4 Å². The highest BCUT2D eigenvalue weighted by Crippen LogP contribution is 2.24. The number of rotatable bonds is 5. The van der Waals surface area contributed by atoms with Crippen LogP contribution in [0.25, 0.3) is 0 Å². The van der Waals surface area contributed by atoms with E-state index >= 15 is 0 Å². The van der Waals surface area contributed by atoms with Crippen molar-refractivity contribution in [3.05, 3.63) is 84.1 Å². The molecule has 24 heavy (non-hydrogen) atoms. The molecular weight excluding hydrogens is 305 g/mol. The predicted octanol–water partition coefficient (Wildman–Crippen LogP) is 3.95. The standard InChI is InChI=1S/C19H18FN3O/c1-14-6-5-9-21-19(14)22-18(24)13-17(23-10-2-3-11-23)15-7-4-8-16(20)12-15/h2-12,17H,13H2,1H3,(H,21,22,24). The van der Waals surface area contributed by atoms with Crippen molar-refractivity contribution >= 4 is 11.7 Å². The zero-order valence-electron chi connectivity index (χ0n) is 13.3. The highest BCUT2D eigenvalue weighted by molar-refractivity contribution is 5.90. The van der Waals surface area contributed by atoms with Crippen LogP contribution in [-0.4, -0.2) is 15.5 Å². The molecule has 0 bridgehead atoms. The molecule has 1 aromatic carbocycles. The minimum atomic E-state index is -0.314. The van der Waals surface area contributed by atoms with E-state index in [1.54, 1.807) is 12.3 Å². The van der Waals surface area contributed by atoms with E-state index < -0.39 is 0 Å². The minimum Gasteiger partial charge on any atom is -0.346 e. The van der Waals surface area contributed by atoms with Crippen LogP contribution in [0.1, 0.15) is 23.6 Å². The van der Waals surface area contributed by atoms with Gasteiger partial charge in [0.25, 0.3) is 0 Å². The van der Waals surface area contributed by atoms with Crippen LogP contribution >= 0.6 is 0 Å². The van der Waals surface area contributed by atoms with E-state index in [-0.39, 0.29) is 24.2 Å². The zero-order chi connectivity index (χ0) is 16.9. The van der Waals surface area contributed by atoms with Crippen LogP contribution in [0.15, 0.2) is 67.1 Å². The van der Waals surface area contributed by atoms with Gasteiger partial charge in [-0.2, -0.15) is 0 Å². The molecule has 3 rings (SSSR count). The first-order chi connectivity index (χ1) is 11.6. The molecule has 0 fully saturated rings. The third-order valence-corrected chi connectivity index (χ3v) is 3.87. The Kier molecular flexibility index (Phi) is 4.70. The Morgan fingerprint density at radius 1 is 1.21 bits per heavy atom. The summed E-state index contributed by atoms with van der Waals surface area (Å²) in [6, 6.07) is 13.5. The molecule has 1 amide bonds. The highest BCUT2D eigenvalue weighted by atomic mass is 19.1. The van der Waals surface area contributed by atoms with E-state index in [0.29, 0.717) is 5.82 Å². The number of carbonyl (C=O) groups excluding carboxylic acids is 1. The van der Waals surface area contributed by atoms with Gasteiger partial charge in [-0.05, 0) is 48.4 Å². The Balaban J connectivity index is 1.82. The second-order valence-electron chi connectivity index (χ2n) is 5.62. The number of amides is 1. The fraction of sp³-hybridized carbons (Fsp3) is 0.158. The average molecular weight is 323 g/mol. The molecule has 2 heterocycles. The summed E-state index contributed by atoms with van der Waals surface area (Å²) < 4.78 is 15.5. The molecule has 3 aromatic rings. The summed E-state index contributed by atoms with van der Waals surface area (Å²) in [5.74, 6) is 0.0680. The van der Waals surface area contributed by atoms with Crippen LogP contribution < -0.4 is 5.32 Å². The van der Waals surface area contributed by atoms with Gasteiger partial charge in [0.05, 0.1) is 12.5 Å². The summed E-state index contributed by atoms with van der Waals surface area (Å²) in [6.45, 7) is 1.89. The van der Waals surface area contributed by atoms with Gasteiger partial charge in [0, 0.05) is 18.6 Å². The van der Waals surface area contributed by atoms with E-state index in [2.05, 4.69) is 10.3 Å². The fourth-order valence-corrected chi connectivity index (χ4v) is 2.64. The number of aromatic nitrogens is 2. The number of hydrogen-bond acceptors (Lipinski definition) is 2. The first-order valence-electron chi connectivity index (χ1n) is 7.73. The van der Waals surface area contributed by atoms with Crippen molar-refractivity contribution < 1.29 is 9.18 Å². The van der Waals surface area contributed by atoms with E-state index in [1.807, 2.05) is 54.2 Å². The fourth-order valence-electron chi connectivity index (χ4n) is 2.64. The molecule has 0 spiro atoms. The average Bonchev–Trinajstić information content (AvgIpc) is 3.09. The lowest BCUT2D eigenvalue weighted by atomic mass is 10.0. The first kappa shape index (κ1) is 15.9. The molecule has 0 radical (unpaired) electrons. The van der Waals surface area contributed by atoms with E-state index in [4.69, 9.17) is 0 Å². The SMILES string of the molecule is Cc1cccnc1NC(=O)CC(c1cccc(F)c1)n1cccc1. The largest absolute Gasteiger partial charge is 0.346 e. The summed E-state index contributed by atoms with van der Waals surface area (Å²) in [4.78, 5) is 16.6. The van der Waals surface area contributed by atoms with Crippen molar-refractivity contribution in [3.8, 4) is 0 Å². The van der Waals surface area contributed by atoms with E-state index in [0.717, 1.165) is 11.1 Å². The molecule has 0 aliphatic rings.